The predicted octanol–water partition coefficient (Wildman–Crippen LogP) is 4.69. The number of aromatic nitrogens is 2. The van der Waals surface area contributed by atoms with Gasteiger partial charge in [-0.25, -0.2) is 9.97 Å². The Morgan fingerprint density at radius 1 is 0.879 bits per heavy atom. The summed E-state index contributed by atoms with van der Waals surface area (Å²) in [7, 11) is 0. The molecule has 0 spiro atoms. The van der Waals surface area contributed by atoms with Crippen LogP contribution in [0.4, 0.5) is 5.69 Å². The van der Waals surface area contributed by atoms with Crippen LogP contribution in [0, 0.1) is 0 Å². The number of fused-ring (bicyclic) bond motifs is 2. The maximum Gasteiger partial charge on any atom is 0.233 e. The Morgan fingerprint density at radius 2 is 1.64 bits per heavy atom. The van der Waals surface area contributed by atoms with Gasteiger partial charge in [0.25, 0.3) is 0 Å². The summed E-state index contributed by atoms with van der Waals surface area (Å²) >= 11 is 0. The Hall–Kier alpha value is -4.52. The number of carbonyl (C=O) groups excluding carboxylic acids is 2. The first-order chi connectivity index (χ1) is 16.2. The van der Waals surface area contributed by atoms with Crippen LogP contribution in [-0.4, -0.2) is 28.1 Å². The first-order valence-corrected chi connectivity index (χ1v) is 10.4. The van der Waals surface area contributed by atoms with Gasteiger partial charge < -0.3 is 14.8 Å². The number of nitrogens with one attached hydrogen (secondary N) is 1. The molecule has 7 nitrogen and oxygen atoms in total. The van der Waals surface area contributed by atoms with E-state index in [4.69, 9.17) is 9.47 Å². The molecule has 0 amide bonds. The zero-order chi connectivity index (χ0) is 22.6. The van der Waals surface area contributed by atoms with E-state index in [-0.39, 0.29) is 29.6 Å². The number of hydrogen-bond acceptors (Lipinski definition) is 7. The molecule has 3 aromatic carbocycles. The van der Waals surface area contributed by atoms with E-state index >= 15 is 0 Å². The van der Waals surface area contributed by atoms with Crippen molar-refractivity contribution in [1.29, 1.82) is 0 Å². The number of hydrogen-bond donors (Lipinski definition) is 1. The molecule has 1 aromatic heterocycles. The Morgan fingerprint density at radius 3 is 2.52 bits per heavy atom. The summed E-state index contributed by atoms with van der Waals surface area (Å²) in [6.07, 6.45) is 3.00. The summed E-state index contributed by atoms with van der Waals surface area (Å²) in [5.74, 6) is 0.871. The van der Waals surface area contributed by atoms with E-state index in [1.54, 1.807) is 36.4 Å². The van der Waals surface area contributed by atoms with Crippen LogP contribution in [0.15, 0.2) is 85.2 Å². The maximum atomic E-state index is 13.1. The van der Waals surface area contributed by atoms with Crippen LogP contribution in [0.25, 0.3) is 0 Å². The van der Waals surface area contributed by atoms with Crippen molar-refractivity contribution in [3.63, 3.8) is 0 Å². The molecule has 0 radical (unpaired) electrons. The number of ether oxygens (including phenoxy) is 2. The first kappa shape index (κ1) is 20.4. The third kappa shape index (κ3) is 4.16. The van der Waals surface area contributed by atoms with Gasteiger partial charge in [0.05, 0.1) is 16.8 Å². The minimum absolute atomic E-state index is 0.0628. The highest BCUT2D eigenvalue weighted by Crippen LogP contribution is 2.37. The molecule has 4 aromatic rings. The van der Waals surface area contributed by atoms with E-state index in [0.717, 1.165) is 11.3 Å². The third-order valence-corrected chi connectivity index (χ3v) is 5.22. The summed E-state index contributed by atoms with van der Waals surface area (Å²) in [6, 6.07) is 21.4. The molecular formula is C26H19N3O4. The summed E-state index contributed by atoms with van der Waals surface area (Å²) in [5, 5.41) is 3.32. The smallest absolute Gasteiger partial charge is 0.233 e. The van der Waals surface area contributed by atoms with Crippen molar-refractivity contribution in [3.8, 4) is 17.2 Å². The van der Waals surface area contributed by atoms with Crippen molar-refractivity contribution in [3.05, 3.63) is 108 Å². The molecule has 0 aliphatic carbocycles. The van der Waals surface area contributed by atoms with Crippen LogP contribution < -0.4 is 14.8 Å². The van der Waals surface area contributed by atoms with Gasteiger partial charge in [0, 0.05) is 24.5 Å². The maximum absolute atomic E-state index is 13.1. The number of para-hydroxylation sites is 4. The van der Waals surface area contributed by atoms with E-state index in [2.05, 4.69) is 15.3 Å². The summed E-state index contributed by atoms with van der Waals surface area (Å²) < 4.78 is 11.9. The van der Waals surface area contributed by atoms with Crippen LogP contribution in [0.1, 0.15) is 32.1 Å². The van der Waals surface area contributed by atoms with Crippen molar-refractivity contribution >= 4 is 17.3 Å². The number of rotatable bonds is 6. The third-order valence-electron chi connectivity index (χ3n) is 5.22. The number of anilines is 1. The Labute approximate surface area is 190 Å². The van der Waals surface area contributed by atoms with Gasteiger partial charge >= 0.3 is 0 Å². The molecule has 2 heterocycles. The number of ketones is 2. The molecule has 5 rings (SSSR count). The molecule has 0 bridgehead atoms. The zero-order valence-electron chi connectivity index (χ0n) is 17.5. The molecule has 162 valence electrons. The lowest BCUT2D eigenvalue weighted by Gasteiger charge is -2.14. The first-order valence-electron chi connectivity index (χ1n) is 10.4. The molecule has 0 saturated carbocycles. The summed E-state index contributed by atoms with van der Waals surface area (Å²) in [4.78, 5) is 34.0. The Balaban J connectivity index is 1.38. The van der Waals surface area contributed by atoms with Crippen LogP contribution in [-0.2, 0) is 6.54 Å². The highest BCUT2D eigenvalue weighted by molar-refractivity contribution is 6.08. The van der Waals surface area contributed by atoms with E-state index in [9.17, 15) is 9.59 Å². The minimum atomic E-state index is -0.377. The van der Waals surface area contributed by atoms with Crippen molar-refractivity contribution in [2.24, 2.45) is 0 Å². The van der Waals surface area contributed by atoms with Gasteiger partial charge in [-0.15, -0.1) is 0 Å². The lowest BCUT2D eigenvalue weighted by Crippen LogP contribution is -2.15. The van der Waals surface area contributed by atoms with Gasteiger partial charge in [0.1, 0.15) is 11.5 Å². The summed E-state index contributed by atoms with van der Waals surface area (Å²) in [6.45, 7) is 0.275. The highest BCUT2D eigenvalue weighted by atomic mass is 16.5. The van der Waals surface area contributed by atoms with Crippen LogP contribution in [0.2, 0.25) is 0 Å². The van der Waals surface area contributed by atoms with Gasteiger partial charge in [-0.1, -0.05) is 36.4 Å². The number of nitrogens with zero attached hydrogens (tertiary/aromatic N) is 2. The van der Waals surface area contributed by atoms with Crippen molar-refractivity contribution < 1.29 is 19.1 Å². The number of benzene rings is 3. The molecule has 1 aliphatic rings. The predicted molar refractivity (Wildman–Crippen MR) is 122 cm³/mol. The van der Waals surface area contributed by atoms with Crippen molar-refractivity contribution in [1.82, 2.24) is 9.97 Å². The quantitative estimate of drug-likeness (QED) is 0.438. The van der Waals surface area contributed by atoms with E-state index in [0.29, 0.717) is 29.4 Å². The standard InChI is InChI=1S/C26H19N3O4/c30-21(16-32-22-11-3-1-8-19(22)24(31)26-27-13-6-14-28-26)18-9-5-7-17-15-29-20-10-2-4-12-23(20)33-25(17)18/h1-14,29H,15-16H2. The molecule has 0 atom stereocenters. The Bertz CT molecular complexity index is 1340. The monoisotopic (exact) mass is 437 g/mol. The van der Waals surface area contributed by atoms with Crippen LogP contribution in [0.3, 0.4) is 0 Å². The molecular weight excluding hydrogens is 418 g/mol. The van der Waals surface area contributed by atoms with Gasteiger partial charge in [-0.3, -0.25) is 9.59 Å². The second-order valence-electron chi connectivity index (χ2n) is 7.36. The minimum Gasteiger partial charge on any atom is -0.485 e. The van der Waals surface area contributed by atoms with E-state index in [1.165, 1.54) is 12.4 Å². The van der Waals surface area contributed by atoms with Gasteiger partial charge in [0.2, 0.25) is 17.4 Å². The fourth-order valence-electron chi connectivity index (χ4n) is 3.60. The summed E-state index contributed by atoms with van der Waals surface area (Å²) in [5.41, 5.74) is 2.44. The zero-order valence-corrected chi connectivity index (χ0v) is 17.5. The molecule has 1 N–H and O–H groups in total. The molecule has 0 fully saturated rings. The molecule has 1 aliphatic heterocycles. The number of carbonyl (C=O) groups is 2. The highest BCUT2D eigenvalue weighted by Gasteiger charge is 2.22. The number of Topliss-reactive ketones (excluding diaryl/α,β-unsaturated/α-hetero) is 1. The van der Waals surface area contributed by atoms with Crippen molar-refractivity contribution in [2.75, 3.05) is 11.9 Å². The molecule has 0 unspecified atom stereocenters. The van der Waals surface area contributed by atoms with Gasteiger partial charge in [-0.2, -0.15) is 0 Å². The van der Waals surface area contributed by atoms with Crippen LogP contribution in [0.5, 0.6) is 17.2 Å². The van der Waals surface area contributed by atoms with E-state index in [1.807, 2.05) is 36.4 Å². The van der Waals surface area contributed by atoms with E-state index < -0.39 is 0 Å². The van der Waals surface area contributed by atoms with Crippen LogP contribution >= 0.6 is 0 Å². The molecule has 33 heavy (non-hydrogen) atoms. The molecule has 0 saturated heterocycles. The van der Waals surface area contributed by atoms with Gasteiger partial charge in [-0.05, 0) is 36.4 Å². The second-order valence-corrected chi connectivity index (χ2v) is 7.36. The Kier molecular flexibility index (Phi) is 5.51. The SMILES string of the molecule is O=C(c1ncccn1)c1ccccc1OCC(=O)c1cccc2c1Oc1ccccc1NC2. The normalized spacial score (nSPS) is 11.8. The van der Waals surface area contributed by atoms with Crippen molar-refractivity contribution in [2.45, 2.75) is 6.54 Å². The lowest BCUT2D eigenvalue weighted by atomic mass is 10.1. The van der Waals surface area contributed by atoms with Gasteiger partial charge in [0.15, 0.2) is 12.4 Å². The second kappa shape index (κ2) is 8.92. The average Bonchev–Trinajstić information content (AvgIpc) is 3.07. The molecule has 7 heteroatoms. The average molecular weight is 437 g/mol. The topological polar surface area (TPSA) is 90.4 Å². The fourth-order valence-corrected chi connectivity index (χ4v) is 3.60. The largest absolute Gasteiger partial charge is 0.485 e. The lowest BCUT2D eigenvalue weighted by molar-refractivity contribution is 0.0912. The fraction of sp³-hybridized carbons (Fsp3) is 0.0769.